The number of amides is 2. The Kier molecular flexibility index (Phi) is 8.44. The van der Waals surface area contributed by atoms with E-state index >= 15 is 0 Å². The summed E-state index contributed by atoms with van der Waals surface area (Å²) in [6.45, 7) is 0.583. The number of hydrogen-bond donors (Lipinski definition) is 1. The summed E-state index contributed by atoms with van der Waals surface area (Å²) < 4.78 is 25.7. The van der Waals surface area contributed by atoms with Crippen molar-refractivity contribution >= 4 is 45.0 Å². The Labute approximate surface area is 243 Å². The molecule has 1 saturated heterocycles. The largest absolute Gasteiger partial charge is 0.327 e. The van der Waals surface area contributed by atoms with Gasteiger partial charge in [-0.1, -0.05) is 53.5 Å². The number of halogens is 2. The smallest absolute Gasteiger partial charge is 0.254 e. The lowest BCUT2D eigenvalue weighted by molar-refractivity contribution is -0.138. The standard InChI is InChI=1S/C28H28Cl2N4O5S/c1-40(37,38)33-14-11-20(12-15-33)34-26(23-10-9-18(29)16-24(23)30)25(21-7-2-3-8-22(21)28(34)36)27(35)32-39-17-19-6-4-5-13-31-19/h2-10,13,16,20,25-26H,11-12,14-15,17H2,1H3,(H,32,35)/t25-,26+/m1/s1. The summed E-state index contributed by atoms with van der Waals surface area (Å²) >= 11 is 12.9. The fourth-order valence-corrected chi connectivity index (χ4v) is 6.88. The van der Waals surface area contributed by atoms with Crippen LogP contribution in [0.5, 0.6) is 0 Å². The number of nitrogens with zero attached hydrogens (tertiary/aromatic N) is 3. The average Bonchev–Trinajstić information content (AvgIpc) is 2.93. The first-order chi connectivity index (χ1) is 19.1. The van der Waals surface area contributed by atoms with Crippen molar-refractivity contribution in [2.75, 3.05) is 19.3 Å². The molecule has 1 N–H and O–H groups in total. The number of sulfonamides is 1. The number of nitrogens with one attached hydrogen (secondary N) is 1. The van der Waals surface area contributed by atoms with E-state index < -0.39 is 27.9 Å². The highest BCUT2D eigenvalue weighted by Gasteiger charge is 2.48. The Morgan fingerprint density at radius 3 is 2.45 bits per heavy atom. The van der Waals surface area contributed by atoms with Gasteiger partial charge in [-0.25, -0.2) is 18.2 Å². The number of aromatic nitrogens is 1. The lowest BCUT2D eigenvalue weighted by Gasteiger charge is -2.47. The zero-order valence-electron chi connectivity index (χ0n) is 21.7. The fraction of sp³-hybridized carbons (Fsp3) is 0.321. The second kappa shape index (κ2) is 11.8. The van der Waals surface area contributed by atoms with Crippen molar-refractivity contribution < 1.29 is 22.8 Å². The number of carbonyl (C=O) groups is 2. The summed E-state index contributed by atoms with van der Waals surface area (Å²) in [6.07, 6.45) is 3.63. The summed E-state index contributed by atoms with van der Waals surface area (Å²) in [7, 11) is -3.37. The van der Waals surface area contributed by atoms with Gasteiger partial charge in [0.05, 0.1) is 23.9 Å². The molecule has 2 aliphatic rings. The molecule has 12 heteroatoms. The van der Waals surface area contributed by atoms with E-state index in [1.807, 2.05) is 6.07 Å². The maximum atomic E-state index is 14.1. The van der Waals surface area contributed by atoms with Crippen LogP contribution in [0.1, 0.15) is 52.0 Å². The Bertz CT molecular complexity index is 1510. The second-order valence-electron chi connectivity index (χ2n) is 9.86. The van der Waals surface area contributed by atoms with Gasteiger partial charge in [0.15, 0.2) is 0 Å². The number of piperidine rings is 1. The summed E-state index contributed by atoms with van der Waals surface area (Å²) in [5, 5.41) is 0.736. The molecule has 0 radical (unpaired) electrons. The van der Waals surface area contributed by atoms with Crippen LogP contribution in [0.3, 0.4) is 0 Å². The van der Waals surface area contributed by atoms with Crippen LogP contribution in [0.4, 0.5) is 0 Å². The zero-order valence-corrected chi connectivity index (χ0v) is 24.0. The number of benzene rings is 2. The number of fused-ring (bicyclic) bond motifs is 1. The van der Waals surface area contributed by atoms with Crippen LogP contribution in [0.15, 0.2) is 66.9 Å². The lowest BCUT2D eigenvalue weighted by Crippen LogP contribution is -2.54. The van der Waals surface area contributed by atoms with Crippen molar-refractivity contribution in [3.05, 3.63) is 99.3 Å². The van der Waals surface area contributed by atoms with Crippen LogP contribution < -0.4 is 5.48 Å². The molecule has 2 atom stereocenters. The van der Waals surface area contributed by atoms with E-state index in [4.69, 9.17) is 28.0 Å². The van der Waals surface area contributed by atoms with Crippen molar-refractivity contribution in [2.24, 2.45) is 0 Å². The molecule has 0 unspecified atom stereocenters. The molecule has 40 heavy (non-hydrogen) atoms. The highest BCUT2D eigenvalue weighted by Crippen LogP contribution is 2.47. The van der Waals surface area contributed by atoms with Gasteiger partial charge in [-0.3, -0.25) is 19.4 Å². The third-order valence-corrected chi connectivity index (χ3v) is 9.21. The minimum atomic E-state index is -3.37. The summed E-state index contributed by atoms with van der Waals surface area (Å²) in [5.41, 5.74) is 4.71. The van der Waals surface area contributed by atoms with E-state index in [0.29, 0.717) is 45.3 Å². The number of hydroxylamine groups is 1. The lowest BCUT2D eigenvalue weighted by atomic mass is 9.78. The predicted octanol–water partition coefficient (Wildman–Crippen LogP) is 4.34. The van der Waals surface area contributed by atoms with Crippen molar-refractivity contribution in [1.82, 2.24) is 19.7 Å². The molecule has 1 aromatic heterocycles. The monoisotopic (exact) mass is 602 g/mol. The quantitative estimate of drug-likeness (QED) is 0.403. The topological polar surface area (TPSA) is 109 Å². The molecule has 2 amide bonds. The van der Waals surface area contributed by atoms with Gasteiger partial charge >= 0.3 is 0 Å². The van der Waals surface area contributed by atoms with E-state index in [1.165, 1.54) is 10.6 Å². The van der Waals surface area contributed by atoms with E-state index in [0.717, 1.165) is 0 Å². The predicted molar refractivity (Wildman–Crippen MR) is 151 cm³/mol. The Morgan fingerprint density at radius 2 is 1.77 bits per heavy atom. The van der Waals surface area contributed by atoms with E-state index in [9.17, 15) is 18.0 Å². The Balaban J connectivity index is 1.54. The van der Waals surface area contributed by atoms with Gasteiger partial charge in [0.25, 0.3) is 11.8 Å². The van der Waals surface area contributed by atoms with Crippen LogP contribution in [-0.2, 0) is 26.3 Å². The van der Waals surface area contributed by atoms with E-state index in [2.05, 4.69) is 10.5 Å². The SMILES string of the molecule is CS(=O)(=O)N1CCC(N2C(=O)c3ccccc3[C@@H](C(=O)NOCc3ccccn3)[C@@H]2c2ccc(Cl)cc2Cl)CC1. The van der Waals surface area contributed by atoms with Gasteiger partial charge in [-0.15, -0.1) is 0 Å². The molecule has 210 valence electrons. The van der Waals surface area contributed by atoms with E-state index in [1.54, 1.807) is 65.7 Å². The molecule has 3 heterocycles. The number of rotatable bonds is 7. The normalized spacial score (nSPS) is 20.3. The third-order valence-electron chi connectivity index (χ3n) is 7.34. The number of pyridine rings is 1. The third kappa shape index (κ3) is 5.87. The molecule has 9 nitrogen and oxygen atoms in total. The molecule has 2 aromatic carbocycles. The average molecular weight is 604 g/mol. The Morgan fingerprint density at radius 1 is 1.05 bits per heavy atom. The molecule has 0 aliphatic carbocycles. The molecule has 1 fully saturated rings. The van der Waals surface area contributed by atoms with Crippen molar-refractivity contribution in [2.45, 2.75) is 37.5 Å². The van der Waals surface area contributed by atoms with Crippen LogP contribution >= 0.6 is 23.2 Å². The molecule has 0 bridgehead atoms. The molecule has 2 aliphatic heterocycles. The second-order valence-corrected chi connectivity index (χ2v) is 12.7. The number of hydrogen-bond acceptors (Lipinski definition) is 6. The summed E-state index contributed by atoms with van der Waals surface area (Å²) in [5.74, 6) is -1.57. The zero-order chi connectivity index (χ0) is 28.4. The first kappa shape index (κ1) is 28.5. The van der Waals surface area contributed by atoms with Crippen molar-refractivity contribution in [1.29, 1.82) is 0 Å². The summed E-state index contributed by atoms with van der Waals surface area (Å²) in [6, 6.07) is 16.2. The van der Waals surface area contributed by atoms with Crippen molar-refractivity contribution in [3.63, 3.8) is 0 Å². The van der Waals surface area contributed by atoms with Gasteiger partial charge in [0, 0.05) is 40.9 Å². The van der Waals surface area contributed by atoms with Crippen molar-refractivity contribution in [3.8, 4) is 0 Å². The minimum absolute atomic E-state index is 0.0555. The minimum Gasteiger partial charge on any atom is -0.327 e. The van der Waals surface area contributed by atoms with Gasteiger partial charge in [-0.2, -0.15) is 0 Å². The molecular formula is C28H28Cl2N4O5S. The molecule has 5 rings (SSSR count). The first-order valence-corrected chi connectivity index (χ1v) is 15.4. The first-order valence-electron chi connectivity index (χ1n) is 12.8. The maximum absolute atomic E-state index is 14.1. The maximum Gasteiger partial charge on any atom is 0.254 e. The molecule has 0 saturated carbocycles. The van der Waals surface area contributed by atoms with Crippen LogP contribution in [0.25, 0.3) is 0 Å². The highest BCUT2D eigenvalue weighted by atomic mass is 35.5. The molecule has 3 aromatic rings. The highest BCUT2D eigenvalue weighted by molar-refractivity contribution is 7.88. The molecule has 0 spiro atoms. The van der Waals surface area contributed by atoms with Gasteiger partial charge in [0.2, 0.25) is 10.0 Å². The number of carbonyl (C=O) groups excluding carboxylic acids is 2. The van der Waals surface area contributed by atoms with E-state index in [-0.39, 0.29) is 31.6 Å². The Hall–Kier alpha value is -3.02. The van der Waals surface area contributed by atoms with Gasteiger partial charge in [-0.05, 0) is 54.3 Å². The summed E-state index contributed by atoms with van der Waals surface area (Å²) in [4.78, 5) is 39.4. The molecular weight excluding hydrogens is 575 g/mol. The van der Waals surface area contributed by atoms with Gasteiger partial charge in [0.1, 0.15) is 6.61 Å². The van der Waals surface area contributed by atoms with Crippen LogP contribution in [-0.4, -0.2) is 59.8 Å². The van der Waals surface area contributed by atoms with Crippen LogP contribution in [0.2, 0.25) is 10.0 Å². The van der Waals surface area contributed by atoms with Crippen LogP contribution in [0, 0.1) is 0 Å². The fourth-order valence-electron chi connectivity index (χ4n) is 5.49. The van der Waals surface area contributed by atoms with Gasteiger partial charge < -0.3 is 4.90 Å².